The topological polar surface area (TPSA) is 69.4 Å². The Kier molecular flexibility index (Phi) is 4.48. The summed E-state index contributed by atoms with van der Waals surface area (Å²) in [6, 6.07) is 5.98. The molecule has 8 heteroatoms. The Morgan fingerprint density at radius 2 is 2.08 bits per heavy atom. The van der Waals surface area contributed by atoms with Crippen LogP contribution < -0.4 is 0 Å². The molecule has 24 heavy (non-hydrogen) atoms. The molecular weight excluding hydrogens is 331 g/mol. The molecule has 2 heterocycles. The monoisotopic (exact) mass is 346 g/mol. The third-order valence-corrected chi connectivity index (χ3v) is 4.32. The van der Waals surface area contributed by atoms with Crippen LogP contribution in [0.15, 0.2) is 29.4 Å². The minimum Gasteiger partial charge on any atom is -0.465 e. The van der Waals surface area contributed by atoms with Gasteiger partial charge in [-0.2, -0.15) is 4.98 Å². The number of hydrogen-bond donors (Lipinski definition) is 0. The molecule has 3 aromatic rings. The first kappa shape index (κ1) is 16.4. The minimum absolute atomic E-state index is 0.207. The Bertz CT molecular complexity index is 926. The molecule has 0 aliphatic heterocycles. The molecule has 0 atom stereocenters. The molecule has 6 nitrogen and oxygen atoms in total. The van der Waals surface area contributed by atoms with Gasteiger partial charge in [-0.1, -0.05) is 17.8 Å². The normalized spacial score (nSPS) is 11.0. The number of aryl methyl sites for hydroxylation is 2. The van der Waals surface area contributed by atoms with Gasteiger partial charge in [0, 0.05) is 17.1 Å². The number of methoxy groups -OCH3 is 1. The fourth-order valence-electron chi connectivity index (χ4n) is 2.33. The predicted molar refractivity (Wildman–Crippen MR) is 87.6 cm³/mol. The van der Waals surface area contributed by atoms with E-state index in [2.05, 4.69) is 15.1 Å². The van der Waals surface area contributed by atoms with Crippen LogP contribution in [-0.2, 0) is 10.5 Å². The molecule has 0 amide bonds. The smallest absolute Gasteiger partial charge is 0.338 e. The maximum absolute atomic E-state index is 13.4. The number of carbonyl (C=O) groups excluding carboxylic acids is 1. The zero-order valence-corrected chi connectivity index (χ0v) is 14.2. The quantitative estimate of drug-likeness (QED) is 0.534. The molecule has 2 aromatic heterocycles. The molecule has 1 aromatic carbocycles. The maximum atomic E-state index is 13.4. The van der Waals surface area contributed by atoms with Crippen LogP contribution in [0.2, 0.25) is 0 Å². The number of nitrogens with zero attached hydrogens (tertiary/aromatic N) is 4. The zero-order chi connectivity index (χ0) is 17.3. The number of halogens is 1. The predicted octanol–water partition coefficient (Wildman–Crippen LogP) is 2.96. The van der Waals surface area contributed by atoms with E-state index in [1.165, 1.54) is 31.0 Å². The Morgan fingerprint density at radius 1 is 1.29 bits per heavy atom. The standard InChI is InChI=1S/C16H15FN4O2S/c1-9-6-10(2)21-15(18-9)19-16(20-21)24-8-11-4-5-12(17)7-13(11)14(22)23-3/h4-7H,8H2,1-3H3. The number of aromatic nitrogens is 4. The van der Waals surface area contributed by atoms with Gasteiger partial charge >= 0.3 is 5.97 Å². The van der Waals surface area contributed by atoms with Gasteiger partial charge in [0.2, 0.25) is 5.16 Å². The largest absolute Gasteiger partial charge is 0.465 e. The highest BCUT2D eigenvalue weighted by Crippen LogP contribution is 2.23. The van der Waals surface area contributed by atoms with Gasteiger partial charge in [0.05, 0.1) is 12.7 Å². The van der Waals surface area contributed by atoms with Crippen molar-refractivity contribution in [2.45, 2.75) is 24.8 Å². The highest BCUT2D eigenvalue weighted by atomic mass is 32.2. The lowest BCUT2D eigenvalue weighted by Crippen LogP contribution is -2.05. The lowest BCUT2D eigenvalue weighted by atomic mass is 10.1. The van der Waals surface area contributed by atoms with Crippen LogP contribution in [0.25, 0.3) is 5.78 Å². The number of carbonyl (C=O) groups is 1. The average Bonchev–Trinajstić information content (AvgIpc) is 2.96. The summed E-state index contributed by atoms with van der Waals surface area (Å²) in [5, 5.41) is 4.93. The van der Waals surface area contributed by atoms with Crippen molar-refractivity contribution in [1.29, 1.82) is 0 Å². The number of thioether (sulfide) groups is 1. The Hall–Kier alpha value is -2.48. The summed E-state index contributed by atoms with van der Waals surface area (Å²) >= 11 is 1.35. The van der Waals surface area contributed by atoms with Crippen molar-refractivity contribution in [2.75, 3.05) is 7.11 Å². The molecule has 0 unspecified atom stereocenters. The van der Waals surface area contributed by atoms with E-state index < -0.39 is 11.8 Å². The maximum Gasteiger partial charge on any atom is 0.338 e. The first-order valence-electron chi connectivity index (χ1n) is 7.18. The van der Waals surface area contributed by atoms with Crippen molar-refractivity contribution in [1.82, 2.24) is 19.6 Å². The van der Waals surface area contributed by atoms with E-state index in [1.807, 2.05) is 19.9 Å². The number of benzene rings is 1. The van der Waals surface area contributed by atoms with Gasteiger partial charge < -0.3 is 4.74 Å². The van der Waals surface area contributed by atoms with Crippen molar-refractivity contribution in [3.63, 3.8) is 0 Å². The molecule has 0 fully saturated rings. The van der Waals surface area contributed by atoms with Crippen molar-refractivity contribution in [3.05, 3.63) is 52.6 Å². The van der Waals surface area contributed by atoms with Crippen LogP contribution in [0, 0.1) is 19.7 Å². The molecular formula is C16H15FN4O2S. The van der Waals surface area contributed by atoms with Crippen molar-refractivity contribution in [3.8, 4) is 0 Å². The number of ether oxygens (including phenoxy) is 1. The summed E-state index contributed by atoms with van der Waals surface area (Å²) in [5.41, 5.74) is 2.68. The molecule has 0 N–H and O–H groups in total. The molecule has 3 rings (SSSR count). The van der Waals surface area contributed by atoms with Gasteiger partial charge in [-0.3, -0.25) is 0 Å². The summed E-state index contributed by atoms with van der Waals surface area (Å²) in [6.07, 6.45) is 0. The number of rotatable bonds is 4. The molecule has 0 saturated heterocycles. The summed E-state index contributed by atoms with van der Waals surface area (Å²) in [5.74, 6) is -0.103. The van der Waals surface area contributed by atoms with E-state index >= 15 is 0 Å². The SMILES string of the molecule is COC(=O)c1cc(F)ccc1CSc1nc2nc(C)cc(C)n2n1. The fourth-order valence-corrected chi connectivity index (χ4v) is 3.15. The van der Waals surface area contributed by atoms with Crippen LogP contribution in [0.3, 0.4) is 0 Å². The number of fused-ring (bicyclic) bond motifs is 1. The summed E-state index contributed by atoms with van der Waals surface area (Å²) in [4.78, 5) is 20.5. The highest BCUT2D eigenvalue weighted by molar-refractivity contribution is 7.98. The van der Waals surface area contributed by atoms with Gasteiger partial charge in [-0.15, -0.1) is 5.10 Å². The lowest BCUT2D eigenvalue weighted by molar-refractivity contribution is 0.0599. The van der Waals surface area contributed by atoms with Crippen molar-refractivity contribution >= 4 is 23.5 Å². The van der Waals surface area contributed by atoms with Crippen LogP contribution in [-0.4, -0.2) is 32.7 Å². The van der Waals surface area contributed by atoms with E-state index in [0.29, 0.717) is 22.3 Å². The minimum atomic E-state index is -0.568. The van der Waals surface area contributed by atoms with Crippen LogP contribution in [0.5, 0.6) is 0 Å². The molecule has 0 spiro atoms. The first-order chi connectivity index (χ1) is 11.5. The third kappa shape index (κ3) is 3.23. The Morgan fingerprint density at radius 3 is 2.83 bits per heavy atom. The third-order valence-electron chi connectivity index (χ3n) is 3.43. The summed E-state index contributed by atoms with van der Waals surface area (Å²) < 4.78 is 19.7. The lowest BCUT2D eigenvalue weighted by Gasteiger charge is -2.06. The van der Waals surface area contributed by atoms with Gasteiger partial charge in [0.1, 0.15) is 5.82 Å². The zero-order valence-electron chi connectivity index (χ0n) is 13.4. The van der Waals surface area contributed by atoms with E-state index in [9.17, 15) is 9.18 Å². The number of esters is 1. The molecule has 0 bridgehead atoms. The van der Waals surface area contributed by atoms with E-state index in [1.54, 1.807) is 10.6 Å². The van der Waals surface area contributed by atoms with Crippen LogP contribution in [0.1, 0.15) is 27.3 Å². The molecule has 0 aliphatic rings. The first-order valence-corrected chi connectivity index (χ1v) is 8.17. The average molecular weight is 346 g/mol. The summed E-state index contributed by atoms with van der Waals surface area (Å²) in [7, 11) is 1.27. The molecule has 124 valence electrons. The van der Waals surface area contributed by atoms with E-state index in [0.717, 1.165) is 11.4 Å². The second-order valence-corrected chi connectivity index (χ2v) is 6.17. The molecule has 0 aliphatic carbocycles. The highest BCUT2D eigenvalue weighted by Gasteiger charge is 2.15. The summed E-state index contributed by atoms with van der Waals surface area (Å²) in [6.45, 7) is 3.83. The van der Waals surface area contributed by atoms with Crippen LogP contribution >= 0.6 is 11.8 Å². The second kappa shape index (κ2) is 6.56. The van der Waals surface area contributed by atoms with Gasteiger partial charge in [0.25, 0.3) is 5.78 Å². The fraction of sp³-hybridized carbons (Fsp3) is 0.250. The van der Waals surface area contributed by atoms with Gasteiger partial charge in [-0.05, 0) is 37.6 Å². The van der Waals surface area contributed by atoms with Crippen molar-refractivity contribution < 1.29 is 13.9 Å². The Labute approximate surface area is 142 Å². The molecule has 0 saturated carbocycles. The van der Waals surface area contributed by atoms with Gasteiger partial charge in [0.15, 0.2) is 0 Å². The van der Waals surface area contributed by atoms with E-state index in [4.69, 9.17) is 4.74 Å². The van der Waals surface area contributed by atoms with Crippen molar-refractivity contribution in [2.24, 2.45) is 0 Å². The Balaban J connectivity index is 1.86. The van der Waals surface area contributed by atoms with E-state index in [-0.39, 0.29) is 5.56 Å². The van der Waals surface area contributed by atoms with Crippen LogP contribution in [0.4, 0.5) is 4.39 Å². The number of hydrogen-bond acceptors (Lipinski definition) is 6. The van der Waals surface area contributed by atoms with Gasteiger partial charge in [-0.25, -0.2) is 18.7 Å². The second-order valence-electron chi connectivity index (χ2n) is 5.23. The molecule has 0 radical (unpaired) electrons.